The van der Waals surface area contributed by atoms with E-state index >= 15 is 0 Å². The van der Waals surface area contributed by atoms with Crippen molar-refractivity contribution < 1.29 is 0 Å². The van der Waals surface area contributed by atoms with Crippen molar-refractivity contribution >= 4 is 86.6 Å². The van der Waals surface area contributed by atoms with Gasteiger partial charge in [0, 0.05) is 0 Å². The summed E-state index contributed by atoms with van der Waals surface area (Å²) < 4.78 is 5.88. The SMILES string of the molecule is CN1B(Cl)[N]([AlH2])B(Cl)[N]([AlH2])B1Cl. The zero-order valence-electron chi connectivity index (χ0n) is 7.21. The Hall–Kier alpha value is 2.01. The summed E-state index contributed by atoms with van der Waals surface area (Å²) in [6, 6.07) is 0. The Labute approximate surface area is 105 Å². The summed E-state index contributed by atoms with van der Waals surface area (Å²) in [4.78, 5) is 0. The molecule has 62 valence electrons. The second kappa shape index (κ2) is 4.69. The summed E-state index contributed by atoms with van der Waals surface area (Å²) in [5.74, 6) is 0. The van der Waals surface area contributed by atoms with Gasteiger partial charge in [-0.25, -0.2) is 0 Å². The lowest BCUT2D eigenvalue weighted by Gasteiger charge is -2.45. The van der Waals surface area contributed by atoms with Gasteiger partial charge in [-0.05, 0) is 7.05 Å². The summed E-state index contributed by atoms with van der Waals surface area (Å²) in [5.41, 5.74) is 0. The number of hydrogen-bond donors (Lipinski definition) is 0. The van der Waals surface area contributed by atoms with Crippen LogP contribution in [0.4, 0.5) is 0 Å². The molecule has 1 rings (SSSR count). The molecule has 0 atom stereocenters. The van der Waals surface area contributed by atoms with E-state index in [1.807, 2.05) is 19.2 Å². The average Bonchev–Trinajstić information content (AvgIpc) is 2.08. The Balaban J connectivity index is 2.76. The molecule has 3 nitrogen and oxygen atoms in total. The third-order valence-electron chi connectivity index (χ3n) is 2.02. The fourth-order valence-corrected chi connectivity index (χ4v) is 3.90. The minimum absolute atomic E-state index is 0.135. The van der Waals surface area contributed by atoms with Crippen molar-refractivity contribution in [3.63, 3.8) is 0 Å². The zero-order chi connectivity index (χ0) is 9.46. The van der Waals surface area contributed by atoms with Crippen LogP contribution in [0.25, 0.3) is 0 Å². The molecule has 1 heterocycles. The van der Waals surface area contributed by atoms with Crippen molar-refractivity contribution in [1.82, 2.24) is 12.1 Å². The minimum Gasteiger partial charge on any atom is -0.421 e. The molecule has 0 aliphatic carbocycles. The first kappa shape index (κ1) is 12.1. The molecule has 0 amide bonds. The highest BCUT2D eigenvalue weighted by Crippen LogP contribution is 2.19. The van der Waals surface area contributed by atoms with E-state index < -0.39 is 0 Å². The maximum absolute atomic E-state index is 6.10. The van der Waals surface area contributed by atoms with Crippen LogP contribution >= 0.6 is 34.4 Å². The molecule has 0 spiro atoms. The van der Waals surface area contributed by atoms with E-state index in [-0.39, 0.29) is 19.2 Å². The maximum atomic E-state index is 6.10. The Morgan fingerprint density at radius 3 is 1.58 bits per heavy atom. The van der Waals surface area contributed by atoms with Crippen molar-refractivity contribution in [1.29, 1.82) is 0 Å². The van der Waals surface area contributed by atoms with Crippen LogP contribution in [-0.4, -0.2) is 71.4 Å². The highest BCUT2D eigenvalue weighted by Gasteiger charge is 2.44. The van der Waals surface area contributed by atoms with Crippen LogP contribution in [-0.2, 0) is 0 Å². The lowest BCUT2D eigenvalue weighted by Crippen LogP contribution is -2.71. The first-order chi connectivity index (χ1) is 5.46. The van der Waals surface area contributed by atoms with E-state index in [1.165, 1.54) is 0 Å². The number of halogens is 3. The van der Waals surface area contributed by atoms with E-state index in [2.05, 4.69) is 0 Å². The molecule has 11 heteroatoms. The second-order valence-electron chi connectivity index (χ2n) is 2.93. The first-order valence-corrected chi connectivity index (χ1v) is 6.64. The third-order valence-corrected chi connectivity index (χ3v) is 7.13. The van der Waals surface area contributed by atoms with Crippen LogP contribution in [0.15, 0.2) is 0 Å². The second-order valence-corrected chi connectivity index (χ2v) is 6.17. The van der Waals surface area contributed by atoms with Crippen molar-refractivity contribution in [2.45, 2.75) is 0 Å². The smallest absolute Gasteiger partial charge is 0.379 e. The van der Waals surface area contributed by atoms with Crippen molar-refractivity contribution in [3.05, 3.63) is 0 Å². The molecule has 1 saturated heterocycles. The number of nitrogens with zero attached hydrogens (tertiary/aromatic N) is 3. The van der Waals surface area contributed by atoms with Gasteiger partial charge in [-0.15, -0.1) is 0 Å². The van der Waals surface area contributed by atoms with Gasteiger partial charge < -0.3 is 12.1 Å². The molecule has 0 saturated carbocycles. The normalized spacial score (nSPS) is 23.8. The van der Waals surface area contributed by atoms with E-state index in [9.17, 15) is 0 Å². The van der Waals surface area contributed by atoms with Crippen molar-refractivity contribution in [3.8, 4) is 0 Å². The summed E-state index contributed by atoms with van der Waals surface area (Å²) in [7, 11) is 1.90. The van der Waals surface area contributed by atoms with Crippen molar-refractivity contribution in [2.24, 2.45) is 0 Å². The predicted molar refractivity (Wildman–Crippen MR) is 63.4 cm³/mol. The Morgan fingerprint density at radius 1 is 0.917 bits per heavy atom. The van der Waals surface area contributed by atoms with Gasteiger partial charge in [-0.3, -0.25) is 0 Å². The number of rotatable bonds is 0. The maximum Gasteiger partial charge on any atom is 0.379 e. The largest absolute Gasteiger partial charge is 0.421 e. The van der Waals surface area contributed by atoms with Crippen LogP contribution in [0, 0.1) is 0 Å². The van der Waals surface area contributed by atoms with Gasteiger partial charge in [-0.1, -0.05) is 0 Å². The summed E-state index contributed by atoms with van der Waals surface area (Å²) in [6.07, 6.45) is -0.483. The molecule has 0 bridgehead atoms. The van der Waals surface area contributed by atoms with Crippen LogP contribution in [0.1, 0.15) is 0 Å². The molecule has 0 unspecified atom stereocenters. The van der Waals surface area contributed by atoms with Gasteiger partial charge in [0.1, 0.15) is 0 Å². The Kier molecular flexibility index (Phi) is 4.72. The molecule has 1 aliphatic rings. The molecule has 12 heavy (non-hydrogen) atoms. The standard InChI is InChI=1S/CH3B3Cl3N3.2Al.4H/c1-10-3(6)8-2(5)9-4(10)7;;;;;;/h1H3;;;;;;/q-2;2*+1;;;;. The van der Waals surface area contributed by atoms with E-state index in [1.54, 1.807) is 0 Å². The summed E-state index contributed by atoms with van der Waals surface area (Å²) in [5, 5.41) is 0. The fourth-order valence-electron chi connectivity index (χ4n) is 1.17. The zero-order valence-corrected chi connectivity index (χ0v) is 13.5. The molecule has 0 aromatic rings. The minimum atomic E-state index is -0.174. The van der Waals surface area contributed by atoms with Gasteiger partial charge in [-0.2, -0.15) is 34.4 Å². The Bertz CT molecular complexity index is 118. The molecule has 0 aromatic carbocycles. The van der Waals surface area contributed by atoms with Crippen LogP contribution in [0.2, 0.25) is 0 Å². The highest BCUT2D eigenvalue weighted by atomic mass is 35.5. The third kappa shape index (κ3) is 2.15. The van der Waals surface area contributed by atoms with Gasteiger partial charge in [0.25, 0.3) is 0 Å². The quantitative estimate of drug-likeness (QED) is 0.477. The van der Waals surface area contributed by atoms with E-state index in [0.29, 0.717) is 0 Å². The molecule has 0 aromatic heterocycles. The van der Waals surface area contributed by atoms with E-state index in [4.69, 9.17) is 34.4 Å². The summed E-state index contributed by atoms with van der Waals surface area (Å²) in [6.45, 7) is 0. The number of hydrogen-bond acceptors (Lipinski definition) is 3. The lowest BCUT2D eigenvalue weighted by atomic mass is 9.78. The van der Waals surface area contributed by atoms with Crippen LogP contribution in [0.5, 0.6) is 0 Å². The lowest BCUT2D eigenvalue weighted by molar-refractivity contribution is 0.692. The average molecular weight is 254 g/mol. The first-order valence-electron chi connectivity index (χ1n) is 3.55. The van der Waals surface area contributed by atoms with Gasteiger partial charge in [0.15, 0.2) is 0 Å². The van der Waals surface area contributed by atoms with Gasteiger partial charge >= 0.3 is 52.2 Å². The molecule has 1 fully saturated rings. The van der Waals surface area contributed by atoms with E-state index in [0.717, 1.165) is 33.0 Å². The van der Waals surface area contributed by atoms with Crippen molar-refractivity contribution in [2.75, 3.05) is 7.05 Å². The monoisotopic (exact) mass is 253 g/mol. The van der Waals surface area contributed by atoms with Crippen LogP contribution < -0.4 is 0 Å². The molecular weight excluding hydrogens is 247 g/mol. The topological polar surface area (TPSA) is 9.72 Å². The molecule has 1 aliphatic heterocycles. The highest BCUT2D eigenvalue weighted by molar-refractivity contribution is 7.28. The molecule has 0 radical (unpaired) electrons. The fraction of sp³-hybridized carbons (Fsp3) is 1.00. The Morgan fingerprint density at radius 2 is 1.25 bits per heavy atom. The van der Waals surface area contributed by atoms with Crippen LogP contribution in [0.3, 0.4) is 0 Å². The van der Waals surface area contributed by atoms with Gasteiger partial charge in [0.2, 0.25) is 0 Å². The predicted octanol–water partition coefficient (Wildman–Crippen LogP) is -1.70. The molecular formula is CH7Al2B3Cl3N3. The summed E-state index contributed by atoms with van der Waals surface area (Å²) >= 11 is 19.9. The van der Waals surface area contributed by atoms with Gasteiger partial charge in [0.05, 0.1) is 0 Å². The molecule has 0 N–H and O–H groups in total.